The minimum Gasteiger partial charge on any atom is -0.236 e. The van der Waals surface area contributed by atoms with E-state index < -0.39 is 5.91 Å². The Morgan fingerprint density at radius 1 is 1.41 bits per heavy atom. The van der Waals surface area contributed by atoms with Crippen molar-refractivity contribution in [2.24, 2.45) is 4.99 Å². The molecule has 1 aromatic rings. The molecule has 4 nitrogen and oxygen atoms in total. The van der Waals surface area contributed by atoms with E-state index in [0.717, 1.165) is 16.4 Å². The Bertz CT molecular complexity index is 523. The van der Waals surface area contributed by atoms with Crippen molar-refractivity contribution in [3.63, 3.8) is 0 Å². The van der Waals surface area contributed by atoms with Crippen molar-refractivity contribution < 1.29 is 9.55 Å². The lowest BCUT2D eigenvalue weighted by molar-refractivity contribution is -0.329. The molecule has 0 aromatic heterocycles. The van der Waals surface area contributed by atoms with Gasteiger partial charge in [0, 0.05) is 3.57 Å². The number of amides is 1. The predicted octanol–water partition coefficient (Wildman–Crippen LogP) is 3.44. The number of hydrogen-bond donors (Lipinski definition) is 0. The van der Waals surface area contributed by atoms with Crippen LogP contribution in [0.15, 0.2) is 23.2 Å². The van der Waals surface area contributed by atoms with Gasteiger partial charge in [-0.2, -0.15) is 0 Å². The molecule has 1 aromatic carbocycles. The fourth-order valence-corrected chi connectivity index (χ4v) is 2.17. The molecule has 0 fully saturated rings. The van der Waals surface area contributed by atoms with E-state index >= 15 is 0 Å². The first kappa shape index (κ1) is 12.3. The highest BCUT2D eigenvalue weighted by Gasteiger charge is 2.35. The Balaban J connectivity index is 2.42. The summed E-state index contributed by atoms with van der Waals surface area (Å²) in [5.74, 6) is -0.176. The molecule has 0 radical (unpaired) electrons. The number of unbranched alkanes of at least 4 members (excludes halogenated alkanes) is 1. The van der Waals surface area contributed by atoms with Crippen LogP contribution in [0.5, 0.6) is 0 Å². The topological polar surface area (TPSA) is 49.5 Å². The van der Waals surface area contributed by atoms with Gasteiger partial charge in [0.2, 0.25) is 0 Å². The minimum absolute atomic E-state index is 0.325. The molecule has 0 saturated carbocycles. The van der Waals surface area contributed by atoms with Gasteiger partial charge in [-0.3, -0.25) is 0 Å². The largest absolute Gasteiger partial charge is 0.390 e. The number of aliphatic imine (C=N–C) groups is 1. The molecule has 0 aliphatic carbocycles. The number of carbonyl (C=O) groups is 1. The van der Waals surface area contributed by atoms with Gasteiger partial charge >= 0.3 is 11.7 Å². The highest BCUT2D eigenvalue weighted by molar-refractivity contribution is 14.1. The monoisotopic (exact) mass is 343 g/mol. The second-order valence-electron chi connectivity index (χ2n) is 3.89. The summed E-state index contributed by atoms with van der Waals surface area (Å²) in [5.41, 5.74) is 1.00. The van der Waals surface area contributed by atoms with E-state index in [9.17, 15) is 9.70 Å². The van der Waals surface area contributed by atoms with Crippen LogP contribution in [-0.2, 0) is 0 Å². The molecule has 1 aliphatic heterocycles. The van der Waals surface area contributed by atoms with E-state index in [2.05, 4.69) is 27.6 Å². The van der Waals surface area contributed by atoms with Crippen LogP contribution in [0.2, 0.25) is 0 Å². The van der Waals surface area contributed by atoms with Crippen LogP contribution in [0.3, 0.4) is 0 Å². The van der Waals surface area contributed by atoms with Crippen molar-refractivity contribution in [3.8, 4) is 0 Å². The van der Waals surface area contributed by atoms with Gasteiger partial charge in [0.1, 0.15) is 5.56 Å². The lowest BCUT2D eigenvalue weighted by Gasteiger charge is -2.05. The van der Waals surface area contributed by atoms with Gasteiger partial charge in [0.25, 0.3) is 0 Å². The molecule has 1 amide bonds. The summed E-state index contributed by atoms with van der Waals surface area (Å²) in [6.45, 7) is 2.04. The van der Waals surface area contributed by atoms with Gasteiger partial charge < -0.3 is 0 Å². The first-order valence-corrected chi connectivity index (χ1v) is 6.60. The first-order chi connectivity index (χ1) is 8.13. The van der Waals surface area contributed by atoms with Crippen LogP contribution in [0.25, 0.3) is 0 Å². The molecule has 0 bridgehead atoms. The molecule has 88 valence electrons. The van der Waals surface area contributed by atoms with Gasteiger partial charge in [-0.05, 0) is 52.2 Å². The molecule has 1 heterocycles. The Morgan fingerprint density at radius 3 is 2.88 bits per heavy atom. The zero-order chi connectivity index (χ0) is 12.4. The molecule has 0 spiro atoms. The van der Waals surface area contributed by atoms with Gasteiger partial charge in [-0.15, -0.1) is 0 Å². The van der Waals surface area contributed by atoms with Gasteiger partial charge in [-0.25, -0.2) is 4.79 Å². The standard InChI is InChI=1S/C12H12IN2O2/c1-2-3-4-11-14-10-6-5-8(13)7-9(10)12(16)15(11)17/h5-7H,2-4H2,1H3/q+1. The van der Waals surface area contributed by atoms with Crippen LogP contribution in [-0.4, -0.2) is 16.5 Å². The Hall–Kier alpha value is -1.11. The second-order valence-corrected chi connectivity index (χ2v) is 5.14. The zero-order valence-corrected chi connectivity index (χ0v) is 11.6. The molecule has 1 aliphatic rings. The maximum absolute atomic E-state index is 11.9. The lowest BCUT2D eigenvalue weighted by atomic mass is 10.1. The summed E-state index contributed by atoms with van der Waals surface area (Å²) in [6.07, 6.45) is 2.39. The van der Waals surface area contributed by atoms with Crippen LogP contribution < -0.4 is 0 Å². The van der Waals surface area contributed by atoms with E-state index in [0.29, 0.717) is 28.3 Å². The number of amidine groups is 1. The minimum atomic E-state index is -0.500. The molecule has 5 heteroatoms. The Labute approximate surface area is 113 Å². The van der Waals surface area contributed by atoms with Crippen molar-refractivity contribution in [1.82, 2.24) is 0 Å². The van der Waals surface area contributed by atoms with Gasteiger partial charge in [0.15, 0.2) is 5.69 Å². The molecule has 2 rings (SSSR count). The SMILES string of the molecule is CCCCC1=Nc2ccc(I)cc2C(=O)[N+]1=O. The maximum atomic E-state index is 11.9. The number of rotatable bonds is 3. The molecule has 17 heavy (non-hydrogen) atoms. The molecule has 0 N–H and O–H groups in total. The van der Waals surface area contributed by atoms with E-state index in [1.165, 1.54) is 0 Å². The number of fused-ring (bicyclic) bond motifs is 1. The quantitative estimate of drug-likeness (QED) is 0.624. The fourth-order valence-electron chi connectivity index (χ4n) is 1.68. The zero-order valence-electron chi connectivity index (χ0n) is 9.44. The van der Waals surface area contributed by atoms with Crippen molar-refractivity contribution in [1.29, 1.82) is 0 Å². The van der Waals surface area contributed by atoms with Crippen LogP contribution >= 0.6 is 22.6 Å². The smallest absolute Gasteiger partial charge is 0.236 e. The number of benzene rings is 1. The highest BCUT2D eigenvalue weighted by Crippen LogP contribution is 2.27. The highest BCUT2D eigenvalue weighted by atomic mass is 127. The summed E-state index contributed by atoms with van der Waals surface area (Å²) < 4.78 is 1.35. The van der Waals surface area contributed by atoms with Gasteiger partial charge in [0.05, 0.1) is 11.2 Å². The van der Waals surface area contributed by atoms with Crippen LogP contribution in [0, 0.1) is 8.48 Å². The molecule has 0 saturated heterocycles. The summed E-state index contributed by atoms with van der Waals surface area (Å²) in [6, 6.07) is 5.37. The van der Waals surface area contributed by atoms with E-state index in [-0.39, 0.29) is 0 Å². The van der Waals surface area contributed by atoms with Crippen molar-refractivity contribution >= 4 is 40.0 Å². The van der Waals surface area contributed by atoms with Crippen LogP contribution in [0.4, 0.5) is 5.69 Å². The number of nitrogens with zero attached hydrogens (tertiary/aromatic N) is 2. The van der Waals surface area contributed by atoms with Crippen molar-refractivity contribution in [2.45, 2.75) is 26.2 Å². The average molecular weight is 343 g/mol. The Kier molecular flexibility index (Phi) is 3.66. The maximum Gasteiger partial charge on any atom is 0.390 e. The summed E-state index contributed by atoms with van der Waals surface area (Å²) in [7, 11) is 0. The van der Waals surface area contributed by atoms with E-state index in [1.54, 1.807) is 12.1 Å². The number of halogens is 1. The molecular formula is C12H12IN2O2+. The summed E-state index contributed by atoms with van der Waals surface area (Å²) in [4.78, 5) is 27.9. The third-order valence-corrected chi connectivity index (χ3v) is 3.28. The third-order valence-electron chi connectivity index (χ3n) is 2.61. The lowest BCUT2D eigenvalue weighted by Crippen LogP contribution is -2.28. The number of hydrogen-bond acceptors (Lipinski definition) is 3. The number of carbonyl (C=O) groups excluding carboxylic acids is 1. The molecular weight excluding hydrogens is 331 g/mol. The van der Waals surface area contributed by atoms with Crippen molar-refractivity contribution in [3.05, 3.63) is 32.2 Å². The summed E-state index contributed by atoms with van der Waals surface area (Å²) in [5, 5.41) is 0. The van der Waals surface area contributed by atoms with Crippen molar-refractivity contribution in [2.75, 3.05) is 0 Å². The number of nitroso groups, excluding NO2 is 1. The third kappa shape index (κ3) is 2.43. The fraction of sp³-hybridized carbons (Fsp3) is 0.333. The second kappa shape index (κ2) is 5.03. The van der Waals surface area contributed by atoms with Gasteiger partial charge in [-0.1, -0.05) is 18.3 Å². The molecule has 0 atom stereocenters. The predicted molar refractivity (Wildman–Crippen MR) is 73.7 cm³/mol. The summed E-state index contributed by atoms with van der Waals surface area (Å²) >= 11 is 2.11. The molecule has 0 unspecified atom stereocenters. The average Bonchev–Trinajstić information content (AvgIpc) is 2.33. The first-order valence-electron chi connectivity index (χ1n) is 5.52. The normalized spacial score (nSPS) is 14.6. The van der Waals surface area contributed by atoms with E-state index in [1.807, 2.05) is 13.0 Å². The van der Waals surface area contributed by atoms with Crippen LogP contribution in [0.1, 0.15) is 36.5 Å². The Morgan fingerprint density at radius 2 is 2.18 bits per heavy atom. The van der Waals surface area contributed by atoms with E-state index in [4.69, 9.17) is 0 Å².